The van der Waals surface area contributed by atoms with Gasteiger partial charge in [0, 0.05) is 26.7 Å². The van der Waals surface area contributed by atoms with E-state index in [4.69, 9.17) is 4.42 Å². The van der Waals surface area contributed by atoms with Crippen LogP contribution in [0, 0.1) is 0 Å². The van der Waals surface area contributed by atoms with Gasteiger partial charge in [0.2, 0.25) is 0 Å². The van der Waals surface area contributed by atoms with Crippen molar-refractivity contribution >= 4 is 27.7 Å². The second-order valence-electron chi connectivity index (χ2n) is 4.33. The largest absolute Gasteiger partial charge is 0.472 e. The summed E-state index contributed by atoms with van der Waals surface area (Å²) >= 11 is 5.32. The van der Waals surface area contributed by atoms with Crippen molar-refractivity contribution in [2.75, 3.05) is 12.3 Å². The van der Waals surface area contributed by atoms with Gasteiger partial charge in [-0.3, -0.25) is 0 Å². The molecule has 2 rings (SSSR count). The lowest BCUT2D eigenvalue weighted by molar-refractivity contribution is 0.541. The van der Waals surface area contributed by atoms with Crippen LogP contribution in [-0.2, 0) is 0 Å². The third kappa shape index (κ3) is 4.71. The van der Waals surface area contributed by atoms with Crippen LogP contribution in [0.15, 0.2) is 56.6 Å². The second-order valence-corrected chi connectivity index (χ2v) is 6.34. The van der Waals surface area contributed by atoms with E-state index < -0.39 is 0 Å². The molecule has 1 atom stereocenters. The van der Waals surface area contributed by atoms with Crippen LogP contribution in [0.3, 0.4) is 0 Å². The van der Waals surface area contributed by atoms with Crippen molar-refractivity contribution in [3.8, 4) is 0 Å². The molecule has 0 aliphatic carbocycles. The molecule has 102 valence electrons. The fourth-order valence-corrected chi connectivity index (χ4v) is 3.04. The Balaban J connectivity index is 1.94. The van der Waals surface area contributed by atoms with Gasteiger partial charge in [0.15, 0.2) is 0 Å². The Morgan fingerprint density at radius 2 is 2.05 bits per heavy atom. The second kappa shape index (κ2) is 7.78. The third-order valence-electron chi connectivity index (χ3n) is 2.82. The molecule has 1 aromatic heterocycles. The molecule has 0 saturated carbocycles. The molecule has 0 saturated heterocycles. The number of hydrogen-bond acceptors (Lipinski definition) is 3. The van der Waals surface area contributed by atoms with Gasteiger partial charge >= 0.3 is 0 Å². The van der Waals surface area contributed by atoms with E-state index in [9.17, 15) is 0 Å². The van der Waals surface area contributed by atoms with Gasteiger partial charge < -0.3 is 9.73 Å². The molecule has 1 aromatic carbocycles. The molecule has 0 aliphatic rings. The zero-order valence-electron chi connectivity index (χ0n) is 10.9. The number of thioether (sulfide) groups is 1. The molecule has 0 bridgehead atoms. The standard InChI is InChI=1S/C15H18BrNOS/c1-2-8-17-15(12-7-9-18-10-12)11-19-14-5-3-13(16)4-6-14/h3-7,9-10,15,17H,2,8,11H2,1H3. The first-order valence-corrected chi connectivity index (χ1v) is 8.21. The van der Waals surface area contributed by atoms with E-state index in [2.05, 4.69) is 52.4 Å². The van der Waals surface area contributed by atoms with Crippen molar-refractivity contribution in [1.29, 1.82) is 0 Å². The summed E-state index contributed by atoms with van der Waals surface area (Å²) < 4.78 is 6.31. The molecule has 1 heterocycles. The highest BCUT2D eigenvalue weighted by Crippen LogP contribution is 2.26. The number of rotatable bonds is 7. The smallest absolute Gasteiger partial charge is 0.0950 e. The van der Waals surface area contributed by atoms with Gasteiger partial charge in [-0.2, -0.15) is 0 Å². The number of nitrogens with one attached hydrogen (secondary N) is 1. The van der Waals surface area contributed by atoms with Gasteiger partial charge in [-0.05, 0) is 43.3 Å². The molecule has 0 aliphatic heterocycles. The quantitative estimate of drug-likeness (QED) is 0.728. The Hall–Kier alpha value is -0.710. The Kier molecular flexibility index (Phi) is 6.01. The lowest BCUT2D eigenvalue weighted by Crippen LogP contribution is -2.23. The van der Waals surface area contributed by atoms with E-state index in [0.717, 1.165) is 23.2 Å². The van der Waals surface area contributed by atoms with E-state index in [1.165, 1.54) is 10.5 Å². The lowest BCUT2D eigenvalue weighted by Gasteiger charge is -2.16. The molecule has 0 spiro atoms. The Morgan fingerprint density at radius 1 is 1.26 bits per heavy atom. The predicted octanol–water partition coefficient (Wildman–Crippen LogP) is 4.88. The fraction of sp³-hybridized carbons (Fsp3) is 0.333. The average molecular weight is 340 g/mol. The maximum atomic E-state index is 5.19. The Labute approximate surface area is 127 Å². The van der Waals surface area contributed by atoms with Crippen LogP contribution < -0.4 is 5.32 Å². The van der Waals surface area contributed by atoms with Crippen molar-refractivity contribution in [1.82, 2.24) is 5.32 Å². The minimum Gasteiger partial charge on any atom is -0.472 e. The molecule has 1 unspecified atom stereocenters. The molecular weight excluding hydrogens is 322 g/mol. The fourth-order valence-electron chi connectivity index (χ4n) is 1.78. The van der Waals surface area contributed by atoms with Gasteiger partial charge in [-0.1, -0.05) is 22.9 Å². The summed E-state index contributed by atoms with van der Waals surface area (Å²) in [7, 11) is 0. The number of benzene rings is 1. The minimum absolute atomic E-state index is 0.340. The summed E-state index contributed by atoms with van der Waals surface area (Å²) in [6, 6.07) is 10.8. The highest BCUT2D eigenvalue weighted by Gasteiger charge is 2.12. The van der Waals surface area contributed by atoms with Crippen molar-refractivity contribution < 1.29 is 4.42 Å². The molecule has 1 N–H and O–H groups in total. The van der Waals surface area contributed by atoms with Gasteiger partial charge in [-0.25, -0.2) is 0 Å². The topological polar surface area (TPSA) is 25.2 Å². The van der Waals surface area contributed by atoms with E-state index in [-0.39, 0.29) is 0 Å². The van der Waals surface area contributed by atoms with Crippen LogP contribution in [0.1, 0.15) is 24.9 Å². The molecular formula is C15H18BrNOS. The van der Waals surface area contributed by atoms with Crippen LogP contribution in [0.4, 0.5) is 0 Å². The summed E-state index contributed by atoms with van der Waals surface area (Å²) in [6.45, 7) is 3.21. The first-order chi connectivity index (χ1) is 9.29. The normalized spacial score (nSPS) is 12.5. The summed E-state index contributed by atoms with van der Waals surface area (Å²) in [5, 5.41) is 3.56. The van der Waals surface area contributed by atoms with E-state index >= 15 is 0 Å². The number of hydrogen-bond donors (Lipinski definition) is 1. The number of furan rings is 1. The highest BCUT2D eigenvalue weighted by molar-refractivity contribution is 9.10. The molecule has 0 amide bonds. The van der Waals surface area contributed by atoms with E-state index in [1.807, 2.05) is 24.1 Å². The molecule has 4 heteroatoms. The Morgan fingerprint density at radius 3 is 2.68 bits per heavy atom. The monoisotopic (exact) mass is 339 g/mol. The van der Waals surface area contributed by atoms with Gasteiger partial charge in [0.25, 0.3) is 0 Å². The third-order valence-corrected chi connectivity index (χ3v) is 4.45. The average Bonchev–Trinajstić information content (AvgIpc) is 2.95. The molecule has 19 heavy (non-hydrogen) atoms. The predicted molar refractivity (Wildman–Crippen MR) is 84.6 cm³/mol. The van der Waals surface area contributed by atoms with Crippen LogP contribution in [0.25, 0.3) is 0 Å². The number of halogens is 1. The summed E-state index contributed by atoms with van der Waals surface area (Å²) in [5.41, 5.74) is 1.22. The van der Waals surface area contributed by atoms with Gasteiger partial charge in [-0.15, -0.1) is 11.8 Å². The summed E-state index contributed by atoms with van der Waals surface area (Å²) in [6.07, 6.45) is 4.70. The Bertz CT molecular complexity index is 469. The maximum Gasteiger partial charge on any atom is 0.0950 e. The minimum atomic E-state index is 0.340. The summed E-state index contributed by atoms with van der Waals surface area (Å²) in [5.74, 6) is 1.00. The van der Waals surface area contributed by atoms with E-state index in [0.29, 0.717) is 6.04 Å². The van der Waals surface area contributed by atoms with Crippen molar-refractivity contribution in [2.45, 2.75) is 24.3 Å². The molecule has 0 radical (unpaired) electrons. The summed E-state index contributed by atoms with van der Waals surface area (Å²) in [4.78, 5) is 1.29. The first-order valence-electron chi connectivity index (χ1n) is 6.43. The van der Waals surface area contributed by atoms with Crippen LogP contribution in [0.5, 0.6) is 0 Å². The highest BCUT2D eigenvalue weighted by atomic mass is 79.9. The van der Waals surface area contributed by atoms with Crippen LogP contribution >= 0.6 is 27.7 Å². The van der Waals surface area contributed by atoms with Crippen molar-refractivity contribution in [3.05, 3.63) is 52.9 Å². The SMILES string of the molecule is CCCNC(CSc1ccc(Br)cc1)c1ccoc1. The lowest BCUT2D eigenvalue weighted by atomic mass is 10.2. The van der Waals surface area contributed by atoms with Gasteiger partial charge in [0.1, 0.15) is 0 Å². The maximum absolute atomic E-state index is 5.19. The molecule has 2 aromatic rings. The molecule has 2 nitrogen and oxygen atoms in total. The van der Waals surface area contributed by atoms with Crippen LogP contribution in [0.2, 0.25) is 0 Å². The van der Waals surface area contributed by atoms with Gasteiger partial charge in [0.05, 0.1) is 12.5 Å². The zero-order chi connectivity index (χ0) is 13.5. The zero-order valence-corrected chi connectivity index (χ0v) is 13.3. The van der Waals surface area contributed by atoms with Crippen LogP contribution in [-0.4, -0.2) is 12.3 Å². The van der Waals surface area contributed by atoms with Crippen molar-refractivity contribution in [3.63, 3.8) is 0 Å². The van der Waals surface area contributed by atoms with Crippen molar-refractivity contribution in [2.24, 2.45) is 0 Å². The van der Waals surface area contributed by atoms with E-state index in [1.54, 1.807) is 6.26 Å². The molecule has 0 fully saturated rings. The first kappa shape index (κ1) is 14.7.